The Bertz CT molecular complexity index is 897. The lowest BCUT2D eigenvalue weighted by molar-refractivity contribution is -0.124. The van der Waals surface area contributed by atoms with Crippen LogP contribution in [-0.4, -0.2) is 11.6 Å². The third kappa shape index (κ3) is 1.21. The van der Waals surface area contributed by atoms with Crippen LogP contribution >= 0.6 is 0 Å². The van der Waals surface area contributed by atoms with Crippen molar-refractivity contribution >= 4 is 11.6 Å². The third-order valence-electron chi connectivity index (χ3n) is 7.28. The van der Waals surface area contributed by atoms with Gasteiger partial charge >= 0.3 is 0 Å². The average Bonchev–Trinajstić information content (AvgIpc) is 3.45. The van der Waals surface area contributed by atoms with Gasteiger partial charge in [-0.25, -0.2) is 0 Å². The maximum absolute atomic E-state index is 13.2. The fourth-order valence-electron chi connectivity index (χ4n) is 6.46. The highest BCUT2D eigenvalue weighted by Gasteiger charge is 2.95. The molecule has 4 fully saturated rings. The van der Waals surface area contributed by atoms with Gasteiger partial charge in [0.15, 0.2) is 5.78 Å². The van der Waals surface area contributed by atoms with Crippen molar-refractivity contribution in [3.8, 4) is 0 Å². The second-order valence-electron chi connectivity index (χ2n) is 8.09. The van der Waals surface area contributed by atoms with E-state index in [1.807, 2.05) is 49.4 Å². The quantitative estimate of drug-likeness (QED) is 0.813. The van der Waals surface area contributed by atoms with Crippen molar-refractivity contribution in [1.29, 1.82) is 0 Å². The number of rotatable bonds is 3. The predicted octanol–water partition coefficient (Wildman–Crippen LogP) is 3.44. The first-order valence-corrected chi connectivity index (χ1v) is 8.88. The van der Waals surface area contributed by atoms with Crippen LogP contribution in [0.2, 0.25) is 0 Å². The Labute approximate surface area is 140 Å². The number of carbonyl (C=O) groups is 2. The molecule has 2 aromatic rings. The minimum absolute atomic E-state index is 0.0608. The maximum Gasteiger partial charge on any atom is 0.166 e. The van der Waals surface area contributed by atoms with Gasteiger partial charge in [-0.15, -0.1) is 0 Å². The van der Waals surface area contributed by atoms with Gasteiger partial charge in [0.05, 0.1) is 5.41 Å². The number of Topliss-reactive ketones (excluding diaryl/α,β-unsaturated/α-hetero) is 2. The Hall–Kier alpha value is -2.22. The van der Waals surface area contributed by atoms with E-state index >= 15 is 0 Å². The standard InChI is InChI=1S/C22H18O2/c1-11-7-9-12(10-8-11)20(23)17-14-15-16(14)21(24)22(18(15)19(17)22)13-5-3-2-4-6-13/h2-10,14-19H,1H3/t14-,15+,16-,17+,18+,19-,22-/m0/s1. The summed E-state index contributed by atoms with van der Waals surface area (Å²) in [5.74, 6) is 2.44. The molecule has 0 N–H and O–H groups in total. The molecule has 0 heterocycles. The number of hydrogen-bond donors (Lipinski definition) is 0. The second-order valence-corrected chi connectivity index (χ2v) is 8.09. The van der Waals surface area contributed by atoms with Crippen LogP contribution in [0.1, 0.15) is 21.5 Å². The molecule has 0 unspecified atom stereocenters. The first-order valence-electron chi connectivity index (χ1n) is 8.88. The predicted molar refractivity (Wildman–Crippen MR) is 89.6 cm³/mol. The Morgan fingerprint density at radius 1 is 0.917 bits per heavy atom. The molecule has 4 aliphatic carbocycles. The normalized spacial score (nSPS) is 42.8. The number of ketones is 2. The van der Waals surface area contributed by atoms with E-state index in [9.17, 15) is 9.59 Å². The Kier molecular flexibility index (Phi) is 2.12. The molecular formula is C22H18O2. The largest absolute Gasteiger partial charge is 0.298 e. The summed E-state index contributed by atoms with van der Waals surface area (Å²) in [6, 6.07) is 18.1. The lowest BCUT2D eigenvalue weighted by Crippen LogP contribution is -2.36. The van der Waals surface area contributed by atoms with E-state index < -0.39 is 0 Å². The molecule has 24 heavy (non-hydrogen) atoms. The summed E-state index contributed by atoms with van der Waals surface area (Å²) in [6.07, 6.45) is 0. The van der Waals surface area contributed by atoms with Gasteiger partial charge in [0.25, 0.3) is 0 Å². The van der Waals surface area contributed by atoms with Gasteiger partial charge in [0.2, 0.25) is 0 Å². The molecular weight excluding hydrogens is 296 g/mol. The molecule has 2 aromatic carbocycles. The average molecular weight is 314 g/mol. The van der Waals surface area contributed by atoms with Gasteiger partial charge in [-0.2, -0.15) is 0 Å². The number of benzene rings is 2. The summed E-state index contributed by atoms with van der Waals surface area (Å²) in [5.41, 5.74) is 2.82. The summed E-state index contributed by atoms with van der Waals surface area (Å²) < 4.78 is 0. The van der Waals surface area contributed by atoms with E-state index in [0.29, 0.717) is 23.5 Å². The third-order valence-corrected chi connectivity index (χ3v) is 7.28. The molecule has 0 bridgehead atoms. The molecule has 0 saturated heterocycles. The molecule has 0 aromatic heterocycles. The minimum Gasteiger partial charge on any atom is -0.298 e. The Morgan fingerprint density at radius 2 is 1.62 bits per heavy atom. The Morgan fingerprint density at radius 3 is 2.29 bits per heavy atom. The summed E-state index contributed by atoms with van der Waals surface area (Å²) in [7, 11) is 0. The fraction of sp³-hybridized carbons (Fsp3) is 0.364. The first kappa shape index (κ1) is 13.1. The number of aryl methyl sites for hydroxylation is 1. The van der Waals surface area contributed by atoms with Gasteiger partial charge in [0, 0.05) is 17.4 Å². The zero-order valence-electron chi connectivity index (χ0n) is 13.5. The number of fused-ring (bicyclic) bond motifs is 2. The molecule has 2 heteroatoms. The van der Waals surface area contributed by atoms with E-state index in [-0.39, 0.29) is 29.0 Å². The van der Waals surface area contributed by atoms with Crippen molar-refractivity contribution < 1.29 is 9.59 Å². The van der Waals surface area contributed by atoms with Crippen LogP contribution in [0.15, 0.2) is 54.6 Å². The van der Waals surface area contributed by atoms with Gasteiger partial charge < -0.3 is 0 Å². The molecule has 4 aliphatic rings. The van der Waals surface area contributed by atoms with Crippen molar-refractivity contribution in [2.75, 3.05) is 0 Å². The van der Waals surface area contributed by atoms with Crippen molar-refractivity contribution in [2.24, 2.45) is 35.5 Å². The van der Waals surface area contributed by atoms with Crippen LogP contribution in [0.25, 0.3) is 0 Å². The zero-order chi connectivity index (χ0) is 16.2. The summed E-state index contributed by atoms with van der Waals surface area (Å²) in [5, 5.41) is 0. The van der Waals surface area contributed by atoms with Gasteiger partial charge in [-0.3, -0.25) is 9.59 Å². The molecule has 118 valence electrons. The highest BCUT2D eigenvalue weighted by Crippen LogP contribution is 2.90. The van der Waals surface area contributed by atoms with E-state index in [0.717, 1.165) is 11.1 Å². The van der Waals surface area contributed by atoms with Crippen LogP contribution in [0.3, 0.4) is 0 Å². The monoisotopic (exact) mass is 314 g/mol. The van der Waals surface area contributed by atoms with Gasteiger partial charge in [-0.05, 0) is 36.2 Å². The van der Waals surface area contributed by atoms with E-state index in [4.69, 9.17) is 0 Å². The van der Waals surface area contributed by atoms with E-state index in [1.165, 1.54) is 5.56 Å². The van der Waals surface area contributed by atoms with Crippen LogP contribution in [0, 0.1) is 42.4 Å². The SMILES string of the molecule is Cc1ccc(C(=O)[C@@H]2[C@@H]3[C@@H]4C(=O)[C@@]5(c6ccccc6)[C@H]([C@@H]43)[C@H]25)cc1. The number of carbonyl (C=O) groups excluding carboxylic acids is 2. The summed E-state index contributed by atoms with van der Waals surface area (Å²) in [6.45, 7) is 2.04. The Balaban J connectivity index is 1.42. The van der Waals surface area contributed by atoms with Crippen molar-refractivity contribution in [1.82, 2.24) is 0 Å². The van der Waals surface area contributed by atoms with Crippen LogP contribution in [0.4, 0.5) is 0 Å². The fourth-order valence-corrected chi connectivity index (χ4v) is 6.46. The van der Waals surface area contributed by atoms with Crippen molar-refractivity contribution in [3.63, 3.8) is 0 Å². The van der Waals surface area contributed by atoms with Crippen molar-refractivity contribution in [2.45, 2.75) is 12.3 Å². The van der Waals surface area contributed by atoms with Crippen molar-refractivity contribution in [3.05, 3.63) is 71.3 Å². The molecule has 0 radical (unpaired) electrons. The molecule has 7 atom stereocenters. The second kappa shape index (κ2) is 3.88. The van der Waals surface area contributed by atoms with Gasteiger partial charge in [0.1, 0.15) is 5.78 Å². The van der Waals surface area contributed by atoms with Gasteiger partial charge in [-0.1, -0.05) is 60.2 Å². The first-order chi connectivity index (χ1) is 11.7. The highest BCUT2D eigenvalue weighted by atomic mass is 16.1. The molecule has 0 aliphatic heterocycles. The summed E-state index contributed by atoms with van der Waals surface area (Å²) >= 11 is 0. The summed E-state index contributed by atoms with van der Waals surface area (Å²) in [4.78, 5) is 26.2. The molecule has 0 amide bonds. The topological polar surface area (TPSA) is 34.1 Å². The van der Waals surface area contributed by atoms with E-state index in [1.54, 1.807) is 0 Å². The van der Waals surface area contributed by atoms with Crippen LogP contribution in [0.5, 0.6) is 0 Å². The molecule has 6 rings (SSSR count). The maximum atomic E-state index is 13.2. The minimum atomic E-state index is -0.323. The lowest BCUT2D eigenvalue weighted by Gasteiger charge is -2.27. The molecule has 0 spiro atoms. The smallest absolute Gasteiger partial charge is 0.166 e. The molecule has 4 saturated carbocycles. The number of hydrogen-bond acceptors (Lipinski definition) is 2. The molecule has 2 nitrogen and oxygen atoms in total. The highest BCUT2D eigenvalue weighted by molar-refractivity contribution is 6.10. The van der Waals surface area contributed by atoms with E-state index in [2.05, 4.69) is 12.1 Å². The van der Waals surface area contributed by atoms with Crippen LogP contribution < -0.4 is 0 Å². The zero-order valence-corrected chi connectivity index (χ0v) is 13.5. The van der Waals surface area contributed by atoms with Crippen LogP contribution in [-0.2, 0) is 10.2 Å². The lowest BCUT2D eigenvalue weighted by atomic mass is 9.74.